The third-order valence-corrected chi connectivity index (χ3v) is 9.94. The lowest BCUT2D eigenvalue weighted by molar-refractivity contribution is 0.399. The molecule has 4 aromatic rings. The molecule has 0 aliphatic rings. The highest BCUT2D eigenvalue weighted by Crippen LogP contribution is 2.44. The summed E-state index contributed by atoms with van der Waals surface area (Å²) in [7, 11) is -4.08. The highest BCUT2D eigenvalue weighted by atomic mass is 32.2. The number of hydrogen-bond acceptors (Lipinski definition) is 12. The molecule has 0 aliphatic carbocycles. The molecule has 220 valence electrons. The van der Waals surface area contributed by atoms with E-state index < -0.39 is 25.4 Å². The van der Waals surface area contributed by atoms with Crippen molar-refractivity contribution in [3.63, 3.8) is 0 Å². The van der Waals surface area contributed by atoms with E-state index in [1.54, 1.807) is 44.3 Å². The largest absolute Gasteiger partial charge is 0.506 e. The van der Waals surface area contributed by atoms with E-state index in [0.717, 1.165) is 6.07 Å². The Bertz CT molecular complexity index is 1940. The molecule has 0 heterocycles. The SMILES string of the molecule is CCS(=O)(=O)c1cccc(N=Nc2c(NC)ccc3c(O)c(N=Nc4cc(OC)c(S(=O)(=O)CC)cc4O)ccc23)c1. The number of methoxy groups -OCH3 is 1. The van der Waals surface area contributed by atoms with Gasteiger partial charge in [-0.25, -0.2) is 16.8 Å². The van der Waals surface area contributed by atoms with E-state index in [1.165, 1.54) is 38.3 Å². The van der Waals surface area contributed by atoms with Crippen molar-refractivity contribution < 1.29 is 31.8 Å². The van der Waals surface area contributed by atoms with Crippen LogP contribution >= 0.6 is 0 Å². The van der Waals surface area contributed by atoms with Gasteiger partial charge in [-0.1, -0.05) is 19.9 Å². The Hall–Kier alpha value is -4.56. The molecule has 4 rings (SSSR count). The monoisotopic (exact) mass is 611 g/mol. The summed E-state index contributed by atoms with van der Waals surface area (Å²) in [4.78, 5) is -0.0237. The topological polar surface area (TPSA) is 179 Å². The molecule has 0 bridgehead atoms. The summed E-state index contributed by atoms with van der Waals surface area (Å²) in [5.41, 5.74) is 1.35. The Morgan fingerprint density at radius 3 is 2.14 bits per heavy atom. The van der Waals surface area contributed by atoms with Gasteiger partial charge in [0, 0.05) is 30.0 Å². The van der Waals surface area contributed by atoms with Gasteiger partial charge in [0.25, 0.3) is 0 Å². The van der Waals surface area contributed by atoms with Crippen molar-refractivity contribution in [1.29, 1.82) is 0 Å². The summed E-state index contributed by atoms with van der Waals surface area (Å²) in [5.74, 6) is -0.872. The van der Waals surface area contributed by atoms with Gasteiger partial charge in [-0.05, 0) is 42.5 Å². The number of nitrogens with zero attached hydrogens (tertiary/aromatic N) is 4. The molecule has 0 aromatic heterocycles. The zero-order chi connectivity index (χ0) is 30.7. The van der Waals surface area contributed by atoms with Crippen molar-refractivity contribution in [2.75, 3.05) is 31.0 Å². The number of phenols is 2. The summed E-state index contributed by atoms with van der Waals surface area (Å²) in [6, 6.07) is 15.0. The van der Waals surface area contributed by atoms with Crippen LogP contribution < -0.4 is 10.1 Å². The van der Waals surface area contributed by atoms with Crippen molar-refractivity contribution in [2.45, 2.75) is 23.6 Å². The predicted octanol–water partition coefficient (Wildman–Crippen LogP) is 6.72. The first kappa shape index (κ1) is 30.4. The molecule has 0 aliphatic heterocycles. The van der Waals surface area contributed by atoms with Gasteiger partial charge in [0.05, 0.1) is 34.9 Å². The van der Waals surface area contributed by atoms with Crippen LogP contribution in [0.3, 0.4) is 0 Å². The lowest BCUT2D eigenvalue weighted by Gasteiger charge is -2.11. The van der Waals surface area contributed by atoms with Gasteiger partial charge in [0.1, 0.15) is 33.5 Å². The maximum absolute atomic E-state index is 12.3. The molecule has 0 atom stereocenters. The minimum absolute atomic E-state index is 0.00115. The van der Waals surface area contributed by atoms with Crippen LogP contribution in [0.1, 0.15) is 13.8 Å². The maximum Gasteiger partial charge on any atom is 0.181 e. The number of benzene rings is 4. The quantitative estimate of drug-likeness (QED) is 0.165. The number of phenolic OH excluding ortho intramolecular Hbond substituents is 2. The average Bonchev–Trinajstić information content (AvgIpc) is 2.99. The molecule has 14 heteroatoms. The van der Waals surface area contributed by atoms with E-state index >= 15 is 0 Å². The highest BCUT2D eigenvalue weighted by molar-refractivity contribution is 7.91. The number of sulfone groups is 2. The van der Waals surface area contributed by atoms with Crippen LogP contribution in [0.2, 0.25) is 0 Å². The van der Waals surface area contributed by atoms with Crippen LogP contribution in [0, 0.1) is 0 Å². The second kappa shape index (κ2) is 12.1. The Labute approximate surface area is 243 Å². The molecule has 0 fully saturated rings. The van der Waals surface area contributed by atoms with Crippen molar-refractivity contribution in [1.82, 2.24) is 0 Å². The number of hydrogen-bond donors (Lipinski definition) is 3. The van der Waals surface area contributed by atoms with E-state index in [0.29, 0.717) is 27.8 Å². The smallest absolute Gasteiger partial charge is 0.181 e. The number of fused-ring (bicyclic) bond motifs is 1. The lowest BCUT2D eigenvalue weighted by atomic mass is 10.1. The normalized spacial score (nSPS) is 12.4. The van der Waals surface area contributed by atoms with Crippen LogP contribution in [-0.4, -0.2) is 52.7 Å². The second-order valence-corrected chi connectivity index (χ2v) is 13.5. The van der Waals surface area contributed by atoms with Crippen LogP contribution in [0.5, 0.6) is 17.2 Å². The van der Waals surface area contributed by atoms with Crippen LogP contribution in [0.4, 0.5) is 28.4 Å². The van der Waals surface area contributed by atoms with Crippen molar-refractivity contribution in [2.24, 2.45) is 20.5 Å². The molecule has 0 amide bonds. The fraction of sp³-hybridized carbons (Fsp3) is 0.214. The second-order valence-electron chi connectivity index (χ2n) is 8.94. The third-order valence-electron chi connectivity index (χ3n) is 6.46. The fourth-order valence-corrected chi connectivity index (χ4v) is 6.02. The zero-order valence-electron chi connectivity index (χ0n) is 23.2. The van der Waals surface area contributed by atoms with Crippen LogP contribution in [-0.2, 0) is 19.7 Å². The minimum atomic E-state index is -3.67. The van der Waals surface area contributed by atoms with E-state index in [9.17, 15) is 27.0 Å². The van der Waals surface area contributed by atoms with Crippen LogP contribution in [0.15, 0.2) is 90.9 Å². The van der Waals surface area contributed by atoms with E-state index in [4.69, 9.17) is 4.74 Å². The summed E-state index contributed by atoms with van der Waals surface area (Å²) < 4.78 is 54.4. The lowest BCUT2D eigenvalue weighted by Crippen LogP contribution is -2.05. The summed E-state index contributed by atoms with van der Waals surface area (Å²) in [6.45, 7) is 3.04. The molecule has 0 saturated heterocycles. The van der Waals surface area contributed by atoms with E-state index in [2.05, 4.69) is 25.8 Å². The Morgan fingerprint density at radius 1 is 0.786 bits per heavy atom. The predicted molar refractivity (Wildman–Crippen MR) is 160 cm³/mol. The van der Waals surface area contributed by atoms with Crippen molar-refractivity contribution in [3.8, 4) is 17.2 Å². The zero-order valence-corrected chi connectivity index (χ0v) is 24.9. The molecule has 0 radical (unpaired) electrons. The van der Waals surface area contributed by atoms with E-state index in [1.807, 2.05) is 0 Å². The molecule has 0 spiro atoms. The highest BCUT2D eigenvalue weighted by Gasteiger charge is 2.21. The number of anilines is 1. The molecule has 4 aromatic carbocycles. The molecule has 3 N–H and O–H groups in total. The average molecular weight is 612 g/mol. The molecular formula is C28H29N5O7S2. The van der Waals surface area contributed by atoms with Gasteiger partial charge in [-0.3, -0.25) is 0 Å². The van der Waals surface area contributed by atoms with Gasteiger partial charge in [-0.2, -0.15) is 5.11 Å². The number of aromatic hydroxyl groups is 2. The minimum Gasteiger partial charge on any atom is -0.506 e. The Morgan fingerprint density at radius 2 is 1.48 bits per heavy atom. The molecule has 42 heavy (non-hydrogen) atoms. The summed E-state index contributed by atoms with van der Waals surface area (Å²) in [5, 5.41) is 42.1. The number of nitrogens with one attached hydrogen (secondary N) is 1. The number of azo groups is 2. The Balaban J connectivity index is 1.74. The first-order valence-corrected chi connectivity index (χ1v) is 16.0. The van der Waals surface area contributed by atoms with Gasteiger partial charge in [0.15, 0.2) is 25.4 Å². The molecule has 0 saturated carbocycles. The molecular weight excluding hydrogens is 582 g/mol. The number of rotatable bonds is 10. The van der Waals surface area contributed by atoms with Crippen molar-refractivity contribution in [3.05, 3.63) is 60.7 Å². The summed E-state index contributed by atoms with van der Waals surface area (Å²) in [6.07, 6.45) is 0. The van der Waals surface area contributed by atoms with Gasteiger partial charge >= 0.3 is 0 Å². The first-order chi connectivity index (χ1) is 19.9. The Kier molecular flexibility index (Phi) is 8.78. The summed E-state index contributed by atoms with van der Waals surface area (Å²) >= 11 is 0. The van der Waals surface area contributed by atoms with Crippen molar-refractivity contribution >= 4 is 58.9 Å². The van der Waals surface area contributed by atoms with E-state index in [-0.39, 0.29) is 44.2 Å². The number of ether oxygens (including phenoxy) is 1. The standard InChI is InChI=1S/C28H29N5O7S2/c1-5-41(36,37)18-9-7-8-17(14-18)30-33-27-19-10-13-22(28(35)20(19)11-12-21(27)29-3)31-32-23-15-25(40-4)26(16-24(23)34)42(38,39)6-2/h7-16,29,34-35H,5-6H2,1-4H3. The van der Waals surface area contributed by atoms with Gasteiger partial charge in [0.2, 0.25) is 0 Å². The van der Waals surface area contributed by atoms with Gasteiger partial charge < -0.3 is 20.3 Å². The molecule has 12 nitrogen and oxygen atoms in total. The maximum atomic E-state index is 12.3. The first-order valence-electron chi connectivity index (χ1n) is 12.7. The third kappa shape index (κ3) is 6.04. The molecule has 0 unspecified atom stereocenters. The fourth-order valence-electron chi connectivity index (χ4n) is 4.05. The van der Waals surface area contributed by atoms with Gasteiger partial charge in [-0.15, -0.1) is 15.3 Å². The van der Waals surface area contributed by atoms with Crippen LogP contribution in [0.25, 0.3) is 10.8 Å².